The van der Waals surface area contributed by atoms with E-state index in [1.54, 1.807) is 4.57 Å². The Hall–Kier alpha value is -2.13. The average Bonchev–Trinajstić information content (AvgIpc) is 3.04. The van der Waals surface area contributed by atoms with E-state index in [0.29, 0.717) is 10.3 Å². The summed E-state index contributed by atoms with van der Waals surface area (Å²) in [5, 5.41) is 11.8. The number of aromatic nitrogens is 4. The van der Waals surface area contributed by atoms with E-state index in [1.165, 1.54) is 23.1 Å². The van der Waals surface area contributed by atoms with Gasteiger partial charge in [-0.2, -0.15) is 0 Å². The van der Waals surface area contributed by atoms with Gasteiger partial charge in [0.1, 0.15) is 6.54 Å². The monoisotopic (exact) mass is 348 g/mol. The molecule has 0 spiro atoms. The average molecular weight is 348 g/mol. The van der Waals surface area contributed by atoms with Gasteiger partial charge in [-0.05, 0) is 30.4 Å². The molecule has 0 bridgehead atoms. The zero-order valence-corrected chi connectivity index (χ0v) is 14.4. The Bertz CT molecular complexity index is 856. The topological polar surface area (TPSA) is 98.7 Å². The number of carbonyl (C=O) groups is 1. The molecule has 0 fully saturated rings. The van der Waals surface area contributed by atoms with Crippen LogP contribution in [0.1, 0.15) is 12.5 Å². The van der Waals surface area contributed by atoms with E-state index in [1.807, 2.05) is 26.0 Å². The lowest BCUT2D eigenvalue weighted by Gasteiger charge is -2.06. The van der Waals surface area contributed by atoms with Crippen molar-refractivity contribution in [3.63, 3.8) is 0 Å². The van der Waals surface area contributed by atoms with Crippen LogP contribution in [0.5, 0.6) is 0 Å². The summed E-state index contributed by atoms with van der Waals surface area (Å²) in [4.78, 5) is 16.7. The quantitative estimate of drug-likeness (QED) is 0.688. The molecule has 2 aromatic heterocycles. The van der Waals surface area contributed by atoms with E-state index in [0.717, 1.165) is 21.5 Å². The SMILES string of the molecule is CCSc1nnc(N)n1CC(=O)Nc1nc2ccc(C)cc2s1. The number of rotatable bonds is 5. The van der Waals surface area contributed by atoms with Crippen LogP contribution in [0.25, 0.3) is 10.2 Å². The third-order valence-corrected chi connectivity index (χ3v) is 4.89. The van der Waals surface area contributed by atoms with Crippen LogP contribution in [0.15, 0.2) is 23.4 Å². The molecule has 0 aliphatic rings. The summed E-state index contributed by atoms with van der Waals surface area (Å²) < 4.78 is 2.65. The van der Waals surface area contributed by atoms with Crippen molar-refractivity contribution in [2.45, 2.75) is 25.5 Å². The van der Waals surface area contributed by atoms with Crippen LogP contribution in [0, 0.1) is 6.92 Å². The highest BCUT2D eigenvalue weighted by Gasteiger charge is 2.14. The molecule has 3 rings (SSSR count). The van der Waals surface area contributed by atoms with E-state index in [-0.39, 0.29) is 18.4 Å². The Labute approximate surface area is 141 Å². The number of nitrogens with zero attached hydrogens (tertiary/aromatic N) is 4. The Kier molecular flexibility index (Phi) is 4.49. The molecule has 1 amide bonds. The summed E-state index contributed by atoms with van der Waals surface area (Å²) in [7, 11) is 0. The van der Waals surface area contributed by atoms with E-state index in [2.05, 4.69) is 26.6 Å². The van der Waals surface area contributed by atoms with Crippen LogP contribution in [-0.2, 0) is 11.3 Å². The highest BCUT2D eigenvalue weighted by atomic mass is 32.2. The summed E-state index contributed by atoms with van der Waals surface area (Å²) in [6.45, 7) is 4.10. The van der Waals surface area contributed by atoms with Gasteiger partial charge in [-0.15, -0.1) is 10.2 Å². The van der Waals surface area contributed by atoms with Gasteiger partial charge in [0.2, 0.25) is 11.9 Å². The number of fused-ring (bicyclic) bond motifs is 1. The minimum absolute atomic E-state index is 0.0656. The molecule has 0 unspecified atom stereocenters. The summed E-state index contributed by atoms with van der Waals surface area (Å²) in [6.07, 6.45) is 0. The van der Waals surface area contributed by atoms with Crippen molar-refractivity contribution in [3.8, 4) is 0 Å². The largest absolute Gasteiger partial charge is 0.368 e. The lowest BCUT2D eigenvalue weighted by atomic mass is 10.2. The zero-order chi connectivity index (χ0) is 16.4. The number of benzene rings is 1. The molecule has 2 heterocycles. The Balaban J connectivity index is 1.74. The number of thiazole rings is 1. The number of hydrogen-bond acceptors (Lipinski definition) is 7. The number of anilines is 2. The van der Waals surface area contributed by atoms with Gasteiger partial charge in [-0.3, -0.25) is 9.36 Å². The smallest absolute Gasteiger partial charge is 0.246 e. The number of nitrogens with one attached hydrogen (secondary N) is 1. The van der Waals surface area contributed by atoms with Crippen molar-refractivity contribution < 1.29 is 4.79 Å². The van der Waals surface area contributed by atoms with Crippen LogP contribution >= 0.6 is 23.1 Å². The van der Waals surface area contributed by atoms with E-state index in [4.69, 9.17) is 5.73 Å². The number of hydrogen-bond donors (Lipinski definition) is 2. The van der Waals surface area contributed by atoms with Gasteiger partial charge >= 0.3 is 0 Å². The highest BCUT2D eigenvalue weighted by Crippen LogP contribution is 2.26. The standard InChI is InChI=1S/C14H16N6OS2/c1-3-22-14-19-18-12(15)20(14)7-11(21)17-13-16-9-5-4-8(2)6-10(9)23-13/h4-6H,3,7H2,1-2H3,(H2,15,18)(H,16,17,21). The molecule has 0 radical (unpaired) electrons. The first-order valence-electron chi connectivity index (χ1n) is 7.05. The van der Waals surface area contributed by atoms with Gasteiger partial charge < -0.3 is 11.1 Å². The maximum Gasteiger partial charge on any atom is 0.246 e. The van der Waals surface area contributed by atoms with Gasteiger partial charge in [0, 0.05) is 0 Å². The normalized spacial score (nSPS) is 11.0. The van der Waals surface area contributed by atoms with Crippen LogP contribution in [0.2, 0.25) is 0 Å². The molecule has 9 heteroatoms. The highest BCUT2D eigenvalue weighted by molar-refractivity contribution is 7.99. The number of thioether (sulfide) groups is 1. The lowest BCUT2D eigenvalue weighted by Crippen LogP contribution is -2.20. The molecule has 120 valence electrons. The Morgan fingerprint density at radius 2 is 2.26 bits per heavy atom. The predicted octanol–water partition coefficient (Wildman–Crippen LogP) is 2.53. The summed E-state index contributed by atoms with van der Waals surface area (Å²) in [5.74, 6) is 0.859. The van der Waals surface area contributed by atoms with Gasteiger partial charge in [-0.25, -0.2) is 4.98 Å². The Morgan fingerprint density at radius 1 is 1.43 bits per heavy atom. The van der Waals surface area contributed by atoms with Gasteiger partial charge in [0.05, 0.1) is 10.2 Å². The summed E-state index contributed by atoms with van der Waals surface area (Å²) >= 11 is 2.94. The third kappa shape index (κ3) is 3.45. The molecular formula is C14H16N6OS2. The molecule has 0 saturated heterocycles. The first kappa shape index (κ1) is 15.8. The second-order valence-corrected chi connectivity index (χ2v) is 7.16. The van der Waals surface area contributed by atoms with Crippen molar-refractivity contribution in [2.24, 2.45) is 0 Å². The van der Waals surface area contributed by atoms with E-state index < -0.39 is 0 Å². The van der Waals surface area contributed by atoms with Crippen molar-refractivity contribution in [2.75, 3.05) is 16.8 Å². The van der Waals surface area contributed by atoms with E-state index >= 15 is 0 Å². The van der Waals surface area contributed by atoms with Gasteiger partial charge in [0.25, 0.3) is 0 Å². The van der Waals surface area contributed by atoms with Crippen LogP contribution in [0.4, 0.5) is 11.1 Å². The molecule has 0 saturated carbocycles. The molecular weight excluding hydrogens is 332 g/mol. The van der Waals surface area contributed by atoms with Crippen molar-refractivity contribution in [1.29, 1.82) is 0 Å². The first-order valence-corrected chi connectivity index (χ1v) is 8.85. The van der Waals surface area contributed by atoms with Crippen molar-refractivity contribution >= 4 is 50.3 Å². The maximum atomic E-state index is 12.2. The number of aryl methyl sites for hydroxylation is 1. The number of nitrogens with two attached hydrogens (primary N) is 1. The van der Waals surface area contributed by atoms with Crippen molar-refractivity contribution in [3.05, 3.63) is 23.8 Å². The summed E-state index contributed by atoms with van der Waals surface area (Å²) in [6, 6.07) is 6.00. The van der Waals surface area contributed by atoms with Gasteiger partial charge in [0.15, 0.2) is 10.3 Å². The molecule has 0 aliphatic carbocycles. The molecule has 3 aromatic rings. The van der Waals surface area contributed by atoms with Crippen LogP contribution in [0.3, 0.4) is 0 Å². The molecule has 23 heavy (non-hydrogen) atoms. The molecule has 0 atom stereocenters. The molecule has 1 aromatic carbocycles. The Morgan fingerprint density at radius 3 is 3.04 bits per heavy atom. The molecule has 7 nitrogen and oxygen atoms in total. The fourth-order valence-electron chi connectivity index (χ4n) is 2.07. The summed E-state index contributed by atoms with van der Waals surface area (Å²) in [5.41, 5.74) is 7.82. The van der Waals surface area contributed by atoms with Crippen LogP contribution < -0.4 is 11.1 Å². The predicted molar refractivity (Wildman–Crippen MR) is 93.8 cm³/mol. The maximum absolute atomic E-state index is 12.2. The first-order chi connectivity index (χ1) is 11.1. The fourth-order valence-corrected chi connectivity index (χ4v) is 3.72. The molecule has 3 N–H and O–H groups in total. The number of amides is 1. The number of carbonyl (C=O) groups excluding carboxylic acids is 1. The second kappa shape index (κ2) is 6.55. The van der Waals surface area contributed by atoms with Crippen molar-refractivity contribution in [1.82, 2.24) is 19.7 Å². The van der Waals surface area contributed by atoms with Crippen LogP contribution in [-0.4, -0.2) is 31.4 Å². The third-order valence-electron chi connectivity index (χ3n) is 3.11. The zero-order valence-electron chi connectivity index (χ0n) is 12.7. The molecule has 0 aliphatic heterocycles. The van der Waals surface area contributed by atoms with Gasteiger partial charge in [-0.1, -0.05) is 36.1 Å². The fraction of sp³-hybridized carbons (Fsp3) is 0.286. The number of nitrogen functional groups attached to an aromatic ring is 1. The second-order valence-electron chi connectivity index (χ2n) is 4.90. The minimum Gasteiger partial charge on any atom is -0.368 e. The van der Waals surface area contributed by atoms with E-state index in [9.17, 15) is 4.79 Å². The lowest BCUT2D eigenvalue weighted by molar-refractivity contribution is -0.116. The minimum atomic E-state index is -0.203.